The standard InChI is InChI=1S/C14H23NO3S2/c1-3-11-4-6-12(7-5-11)15(2)20(17,18)14-8-13(9-16)19-10-14/h8,10-12,16H,3-7,9H2,1-2H3. The third-order valence-corrected chi connectivity index (χ3v) is 7.33. The fourth-order valence-corrected chi connectivity index (χ4v) is 5.40. The molecule has 1 aliphatic rings. The molecule has 1 aliphatic carbocycles. The van der Waals surface area contributed by atoms with Crippen LogP contribution in [0.1, 0.15) is 43.9 Å². The van der Waals surface area contributed by atoms with Crippen LogP contribution < -0.4 is 0 Å². The third kappa shape index (κ3) is 3.24. The number of hydrogen-bond donors (Lipinski definition) is 1. The first-order valence-corrected chi connectivity index (χ1v) is 9.47. The largest absolute Gasteiger partial charge is 0.391 e. The molecule has 0 aliphatic heterocycles. The van der Waals surface area contributed by atoms with Gasteiger partial charge in [0.1, 0.15) is 0 Å². The Morgan fingerprint density at radius 3 is 2.50 bits per heavy atom. The number of aliphatic hydroxyl groups excluding tert-OH is 1. The van der Waals surface area contributed by atoms with Crippen molar-refractivity contribution >= 4 is 21.4 Å². The highest BCUT2D eigenvalue weighted by molar-refractivity contribution is 7.89. The Morgan fingerprint density at radius 1 is 1.35 bits per heavy atom. The first kappa shape index (κ1) is 15.9. The predicted octanol–water partition coefficient (Wildman–Crippen LogP) is 2.83. The molecule has 0 saturated heterocycles. The maximum Gasteiger partial charge on any atom is 0.243 e. The van der Waals surface area contributed by atoms with Gasteiger partial charge in [-0.3, -0.25) is 0 Å². The van der Waals surface area contributed by atoms with Gasteiger partial charge in [-0.2, -0.15) is 4.31 Å². The van der Waals surface area contributed by atoms with Crippen molar-refractivity contribution in [3.05, 3.63) is 16.3 Å². The summed E-state index contributed by atoms with van der Waals surface area (Å²) in [6.45, 7) is 2.10. The van der Waals surface area contributed by atoms with Gasteiger partial charge in [0.2, 0.25) is 10.0 Å². The van der Waals surface area contributed by atoms with Crippen molar-refractivity contribution in [3.63, 3.8) is 0 Å². The summed E-state index contributed by atoms with van der Waals surface area (Å²) in [5.74, 6) is 0.754. The summed E-state index contributed by atoms with van der Waals surface area (Å²) >= 11 is 1.29. The Bertz CT molecular complexity index is 530. The van der Waals surface area contributed by atoms with Gasteiger partial charge in [-0.05, 0) is 37.7 Å². The fourth-order valence-electron chi connectivity index (χ4n) is 2.86. The first-order chi connectivity index (χ1) is 9.48. The molecule has 1 fully saturated rings. The Balaban J connectivity index is 2.09. The lowest BCUT2D eigenvalue weighted by Crippen LogP contribution is -2.39. The van der Waals surface area contributed by atoms with E-state index in [9.17, 15) is 8.42 Å². The molecule has 2 rings (SSSR count). The van der Waals surface area contributed by atoms with Gasteiger partial charge in [0.05, 0.1) is 11.5 Å². The highest BCUT2D eigenvalue weighted by Crippen LogP contribution is 2.32. The van der Waals surface area contributed by atoms with Gasteiger partial charge in [0, 0.05) is 23.3 Å². The summed E-state index contributed by atoms with van der Waals surface area (Å²) in [7, 11) is -1.74. The van der Waals surface area contributed by atoms with Gasteiger partial charge in [-0.25, -0.2) is 8.42 Å². The van der Waals surface area contributed by atoms with Crippen molar-refractivity contribution in [3.8, 4) is 0 Å². The lowest BCUT2D eigenvalue weighted by Gasteiger charge is -2.33. The van der Waals surface area contributed by atoms with Crippen LogP contribution in [-0.2, 0) is 16.6 Å². The molecule has 0 aromatic carbocycles. The average molecular weight is 317 g/mol. The van der Waals surface area contributed by atoms with Crippen LogP contribution in [0.2, 0.25) is 0 Å². The van der Waals surface area contributed by atoms with E-state index < -0.39 is 10.0 Å². The quantitative estimate of drug-likeness (QED) is 0.908. The Morgan fingerprint density at radius 2 is 2.00 bits per heavy atom. The number of nitrogens with zero attached hydrogens (tertiary/aromatic N) is 1. The van der Waals surface area contributed by atoms with Crippen molar-refractivity contribution in [1.29, 1.82) is 0 Å². The zero-order chi connectivity index (χ0) is 14.8. The molecule has 0 unspecified atom stereocenters. The van der Waals surface area contributed by atoms with Crippen molar-refractivity contribution in [2.45, 2.75) is 56.6 Å². The Labute approximate surface area is 125 Å². The Kier molecular flexibility index (Phi) is 5.23. The molecule has 0 atom stereocenters. The van der Waals surface area contributed by atoms with Gasteiger partial charge in [-0.1, -0.05) is 13.3 Å². The van der Waals surface area contributed by atoms with Crippen molar-refractivity contribution in [1.82, 2.24) is 4.31 Å². The molecule has 4 nitrogen and oxygen atoms in total. The van der Waals surface area contributed by atoms with Gasteiger partial charge in [0.15, 0.2) is 0 Å². The average Bonchev–Trinajstić information content (AvgIpc) is 2.96. The summed E-state index contributed by atoms with van der Waals surface area (Å²) in [6, 6.07) is 1.69. The minimum atomic E-state index is -3.42. The highest BCUT2D eigenvalue weighted by Gasteiger charge is 2.31. The zero-order valence-corrected chi connectivity index (χ0v) is 13.7. The molecular formula is C14H23NO3S2. The van der Waals surface area contributed by atoms with Crippen molar-refractivity contribution < 1.29 is 13.5 Å². The number of thiophene rings is 1. The first-order valence-electron chi connectivity index (χ1n) is 7.15. The Hall–Kier alpha value is -0.430. The van der Waals surface area contributed by atoms with Crippen molar-refractivity contribution in [2.75, 3.05) is 7.05 Å². The van der Waals surface area contributed by atoms with Crippen LogP contribution in [0.5, 0.6) is 0 Å². The maximum absolute atomic E-state index is 12.6. The zero-order valence-electron chi connectivity index (χ0n) is 12.1. The minimum absolute atomic E-state index is 0.106. The van der Waals surface area contributed by atoms with Crippen LogP contribution >= 0.6 is 11.3 Å². The molecule has 0 radical (unpaired) electrons. The monoisotopic (exact) mass is 317 g/mol. The third-order valence-electron chi connectivity index (χ3n) is 4.37. The molecule has 0 amide bonds. The second kappa shape index (κ2) is 6.56. The van der Waals surface area contributed by atoms with Crippen LogP contribution in [0.25, 0.3) is 0 Å². The van der Waals surface area contributed by atoms with Gasteiger partial charge in [-0.15, -0.1) is 11.3 Å². The van der Waals surface area contributed by atoms with E-state index in [0.717, 1.165) is 31.6 Å². The molecular weight excluding hydrogens is 294 g/mol. The number of sulfonamides is 1. The van der Waals surface area contributed by atoms with Gasteiger partial charge < -0.3 is 5.11 Å². The molecule has 1 aromatic heterocycles. The summed E-state index contributed by atoms with van der Waals surface area (Å²) in [5.41, 5.74) is 0. The molecule has 1 aromatic rings. The lowest BCUT2D eigenvalue weighted by molar-refractivity contribution is 0.233. The van der Waals surface area contributed by atoms with E-state index in [0.29, 0.717) is 9.77 Å². The molecule has 1 saturated carbocycles. The van der Waals surface area contributed by atoms with Crippen LogP contribution in [0.3, 0.4) is 0 Å². The minimum Gasteiger partial charge on any atom is -0.391 e. The van der Waals surface area contributed by atoms with Crippen LogP contribution in [0, 0.1) is 5.92 Å². The summed E-state index contributed by atoms with van der Waals surface area (Å²) in [4.78, 5) is 0.998. The van der Waals surface area contributed by atoms with E-state index in [4.69, 9.17) is 5.11 Å². The van der Waals surface area contributed by atoms with Crippen LogP contribution in [0.4, 0.5) is 0 Å². The van der Waals surface area contributed by atoms with Gasteiger partial charge >= 0.3 is 0 Å². The molecule has 20 heavy (non-hydrogen) atoms. The molecule has 0 spiro atoms. The summed E-state index contributed by atoms with van der Waals surface area (Å²) < 4.78 is 26.7. The maximum atomic E-state index is 12.6. The molecule has 0 bridgehead atoms. The molecule has 114 valence electrons. The summed E-state index contributed by atoms with van der Waals surface area (Å²) in [5, 5.41) is 10.7. The number of hydrogen-bond acceptors (Lipinski definition) is 4. The number of aliphatic hydroxyl groups is 1. The van der Waals surface area contributed by atoms with E-state index in [-0.39, 0.29) is 12.6 Å². The van der Waals surface area contributed by atoms with E-state index in [1.54, 1.807) is 18.5 Å². The fraction of sp³-hybridized carbons (Fsp3) is 0.714. The molecule has 1 heterocycles. The van der Waals surface area contributed by atoms with Crippen molar-refractivity contribution in [2.24, 2.45) is 5.92 Å². The number of rotatable bonds is 5. The second-order valence-corrected chi connectivity index (χ2v) is 8.50. The normalized spacial score (nSPS) is 24.2. The van der Waals surface area contributed by atoms with E-state index >= 15 is 0 Å². The van der Waals surface area contributed by atoms with Crippen LogP contribution in [-0.4, -0.2) is 30.9 Å². The van der Waals surface area contributed by atoms with Gasteiger partial charge in [0.25, 0.3) is 0 Å². The smallest absolute Gasteiger partial charge is 0.243 e. The van der Waals surface area contributed by atoms with Crippen LogP contribution in [0.15, 0.2) is 16.3 Å². The lowest BCUT2D eigenvalue weighted by atomic mass is 9.85. The van der Waals surface area contributed by atoms with E-state index in [2.05, 4.69) is 6.92 Å². The SMILES string of the molecule is CCC1CCC(N(C)S(=O)(=O)c2csc(CO)c2)CC1. The summed E-state index contributed by atoms with van der Waals surface area (Å²) in [6.07, 6.45) is 5.32. The molecule has 1 N–H and O–H groups in total. The predicted molar refractivity (Wildman–Crippen MR) is 81.2 cm³/mol. The van der Waals surface area contributed by atoms with E-state index in [1.807, 2.05) is 0 Å². The van der Waals surface area contributed by atoms with E-state index in [1.165, 1.54) is 22.1 Å². The highest BCUT2D eigenvalue weighted by atomic mass is 32.2. The topological polar surface area (TPSA) is 57.6 Å². The second-order valence-electron chi connectivity index (χ2n) is 5.51. The molecule has 6 heteroatoms.